The summed E-state index contributed by atoms with van der Waals surface area (Å²) in [6, 6.07) is 10.4. The number of nitrogens with one attached hydrogen (secondary N) is 2. The Kier molecular flexibility index (Phi) is 5.85. The number of benzene rings is 2. The standard InChI is InChI=1S/C22H20FN3O4S/c1-29-14-7-9-16(17(11-14)30-2)24-21(28)15-8-10-18-19(15)25-22(31-18)26-20(27)12-3-5-13(23)6-4-12/h3-7,9,11,15H,8,10H2,1-2H3,(H,24,28)(H,25,26,27)/t15-/m0/s1. The number of rotatable bonds is 6. The molecule has 0 unspecified atom stereocenters. The summed E-state index contributed by atoms with van der Waals surface area (Å²) in [7, 11) is 3.08. The largest absolute Gasteiger partial charge is 0.497 e. The van der Waals surface area contributed by atoms with Crippen molar-refractivity contribution in [3.05, 3.63) is 64.4 Å². The lowest BCUT2D eigenvalue weighted by atomic mass is 10.1. The topological polar surface area (TPSA) is 89.6 Å². The van der Waals surface area contributed by atoms with Gasteiger partial charge in [0, 0.05) is 16.5 Å². The Bertz CT molecular complexity index is 1130. The molecule has 0 aliphatic heterocycles. The van der Waals surface area contributed by atoms with Gasteiger partial charge in [0.05, 0.1) is 31.5 Å². The van der Waals surface area contributed by atoms with Crippen molar-refractivity contribution in [1.82, 2.24) is 4.98 Å². The summed E-state index contributed by atoms with van der Waals surface area (Å²) >= 11 is 1.35. The van der Waals surface area contributed by atoms with Crippen LogP contribution in [0.2, 0.25) is 0 Å². The van der Waals surface area contributed by atoms with Gasteiger partial charge in [0.15, 0.2) is 5.13 Å². The number of amides is 2. The number of anilines is 2. The molecule has 2 amide bonds. The van der Waals surface area contributed by atoms with Crippen LogP contribution in [0.4, 0.5) is 15.2 Å². The van der Waals surface area contributed by atoms with Crippen molar-refractivity contribution in [1.29, 1.82) is 0 Å². The summed E-state index contributed by atoms with van der Waals surface area (Å²) in [4.78, 5) is 30.7. The number of fused-ring (bicyclic) bond motifs is 1. The number of carbonyl (C=O) groups is 2. The Labute approximate surface area is 182 Å². The van der Waals surface area contributed by atoms with Gasteiger partial charge in [0.1, 0.15) is 17.3 Å². The summed E-state index contributed by atoms with van der Waals surface area (Å²) < 4.78 is 23.6. The van der Waals surface area contributed by atoms with E-state index in [1.54, 1.807) is 25.3 Å². The maximum atomic E-state index is 13.1. The zero-order valence-corrected chi connectivity index (χ0v) is 17.7. The van der Waals surface area contributed by atoms with E-state index in [2.05, 4.69) is 15.6 Å². The summed E-state index contributed by atoms with van der Waals surface area (Å²) in [5, 5.41) is 6.04. The molecule has 3 aromatic rings. The number of ether oxygens (including phenoxy) is 2. The second-order valence-corrected chi connectivity index (χ2v) is 8.02. The second kappa shape index (κ2) is 8.73. The van der Waals surface area contributed by atoms with Crippen LogP contribution in [-0.4, -0.2) is 31.0 Å². The summed E-state index contributed by atoms with van der Waals surface area (Å²) in [5.74, 6) is -0.280. The van der Waals surface area contributed by atoms with E-state index in [9.17, 15) is 14.0 Å². The molecule has 0 fully saturated rings. The number of thiazole rings is 1. The monoisotopic (exact) mass is 441 g/mol. The van der Waals surface area contributed by atoms with Crippen LogP contribution in [0.1, 0.15) is 33.3 Å². The smallest absolute Gasteiger partial charge is 0.257 e. The quantitative estimate of drug-likeness (QED) is 0.598. The number of hydrogen-bond acceptors (Lipinski definition) is 6. The van der Waals surface area contributed by atoms with Crippen LogP contribution in [0.15, 0.2) is 42.5 Å². The first-order valence-electron chi connectivity index (χ1n) is 9.58. The number of hydrogen-bond donors (Lipinski definition) is 2. The van der Waals surface area contributed by atoms with Gasteiger partial charge in [0.25, 0.3) is 5.91 Å². The molecule has 0 radical (unpaired) electrons. The Balaban J connectivity index is 1.47. The van der Waals surface area contributed by atoms with E-state index in [-0.39, 0.29) is 11.8 Å². The fourth-order valence-corrected chi connectivity index (χ4v) is 4.46. The number of aromatic nitrogens is 1. The molecule has 31 heavy (non-hydrogen) atoms. The van der Waals surface area contributed by atoms with E-state index >= 15 is 0 Å². The Morgan fingerprint density at radius 3 is 2.58 bits per heavy atom. The van der Waals surface area contributed by atoms with E-state index in [0.717, 1.165) is 4.88 Å². The minimum Gasteiger partial charge on any atom is -0.497 e. The summed E-state index contributed by atoms with van der Waals surface area (Å²) in [5.41, 5.74) is 1.55. The van der Waals surface area contributed by atoms with Gasteiger partial charge < -0.3 is 14.8 Å². The highest BCUT2D eigenvalue weighted by Gasteiger charge is 2.33. The lowest BCUT2D eigenvalue weighted by Crippen LogP contribution is -2.20. The van der Waals surface area contributed by atoms with Crippen LogP contribution < -0.4 is 20.1 Å². The van der Waals surface area contributed by atoms with Crippen LogP contribution in [-0.2, 0) is 11.2 Å². The first-order chi connectivity index (χ1) is 15.0. The number of carbonyl (C=O) groups excluding carboxylic acids is 2. The molecule has 2 aromatic carbocycles. The van der Waals surface area contributed by atoms with Gasteiger partial charge in [-0.1, -0.05) is 0 Å². The van der Waals surface area contributed by atoms with Gasteiger partial charge in [-0.15, -0.1) is 11.3 Å². The van der Waals surface area contributed by atoms with Crippen LogP contribution in [0.25, 0.3) is 0 Å². The van der Waals surface area contributed by atoms with Crippen LogP contribution in [0.3, 0.4) is 0 Å². The zero-order chi connectivity index (χ0) is 22.0. The average Bonchev–Trinajstić information content (AvgIpc) is 3.34. The van der Waals surface area contributed by atoms with Crippen LogP contribution in [0.5, 0.6) is 11.5 Å². The second-order valence-electron chi connectivity index (χ2n) is 6.94. The van der Waals surface area contributed by atoms with Crippen LogP contribution >= 0.6 is 11.3 Å². The Morgan fingerprint density at radius 2 is 1.87 bits per heavy atom. The Hall–Kier alpha value is -3.46. The van der Waals surface area contributed by atoms with Crippen molar-refractivity contribution in [2.45, 2.75) is 18.8 Å². The zero-order valence-electron chi connectivity index (χ0n) is 16.9. The molecule has 0 spiro atoms. The van der Waals surface area contributed by atoms with Crippen molar-refractivity contribution in [2.24, 2.45) is 0 Å². The van der Waals surface area contributed by atoms with E-state index in [0.29, 0.717) is 46.4 Å². The molecular weight excluding hydrogens is 421 g/mol. The number of methoxy groups -OCH3 is 2. The number of halogens is 1. The third-order valence-corrected chi connectivity index (χ3v) is 6.07. The Morgan fingerprint density at radius 1 is 1.10 bits per heavy atom. The highest BCUT2D eigenvalue weighted by atomic mass is 32.1. The molecule has 160 valence electrons. The maximum Gasteiger partial charge on any atom is 0.257 e. The van der Waals surface area contributed by atoms with Gasteiger partial charge >= 0.3 is 0 Å². The molecule has 0 saturated carbocycles. The number of aryl methyl sites for hydroxylation is 1. The van der Waals surface area contributed by atoms with Crippen molar-refractivity contribution < 1.29 is 23.5 Å². The van der Waals surface area contributed by atoms with Gasteiger partial charge in [-0.3, -0.25) is 14.9 Å². The predicted octanol–water partition coefficient (Wildman–Crippen LogP) is 4.22. The number of nitrogens with zero attached hydrogens (tertiary/aromatic N) is 1. The van der Waals surface area contributed by atoms with Crippen LogP contribution in [0, 0.1) is 5.82 Å². The molecule has 1 aromatic heterocycles. The molecule has 1 heterocycles. The van der Waals surface area contributed by atoms with Crippen molar-refractivity contribution in [3.63, 3.8) is 0 Å². The summed E-state index contributed by atoms with van der Waals surface area (Å²) in [6.07, 6.45) is 1.35. The predicted molar refractivity (Wildman–Crippen MR) is 116 cm³/mol. The van der Waals surface area contributed by atoms with E-state index in [1.165, 1.54) is 42.7 Å². The molecule has 1 atom stereocenters. The van der Waals surface area contributed by atoms with Gasteiger partial charge in [-0.2, -0.15) is 0 Å². The molecular formula is C22H20FN3O4S. The minimum atomic E-state index is -0.422. The van der Waals surface area contributed by atoms with Crippen molar-refractivity contribution in [2.75, 3.05) is 24.9 Å². The normalized spacial score (nSPS) is 14.6. The van der Waals surface area contributed by atoms with Crippen molar-refractivity contribution in [3.8, 4) is 11.5 Å². The molecule has 1 aliphatic rings. The van der Waals surface area contributed by atoms with Crippen molar-refractivity contribution >= 4 is 34.0 Å². The average molecular weight is 441 g/mol. The fraction of sp³-hybridized carbons (Fsp3) is 0.227. The van der Waals surface area contributed by atoms with E-state index in [1.807, 2.05) is 0 Å². The molecule has 4 rings (SSSR count). The van der Waals surface area contributed by atoms with E-state index < -0.39 is 11.7 Å². The highest BCUT2D eigenvalue weighted by molar-refractivity contribution is 7.16. The SMILES string of the molecule is COc1ccc(NC(=O)[C@H]2CCc3sc(NC(=O)c4ccc(F)cc4)nc32)c(OC)c1. The molecule has 2 N–H and O–H groups in total. The lowest BCUT2D eigenvalue weighted by molar-refractivity contribution is -0.117. The third kappa shape index (κ3) is 4.36. The molecule has 0 bridgehead atoms. The molecule has 0 saturated heterocycles. The van der Waals surface area contributed by atoms with Gasteiger partial charge in [-0.05, 0) is 49.2 Å². The van der Waals surface area contributed by atoms with Gasteiger partial charge in [-0.25, -0.2) is 9.37 Å². The van der Waals surface area contributed by atoms with Gasteiger partial charge in [0.2, 0.25) is 5.91 Å². The lowest BCUT2D eigenvalue weighted by Gasteiger charge is -2.14. The first-order valence-corrected chi connectivity index (χ1v) is 10.4. The maximum absolute atomic E-state index is 13.1. The third-order valence-electron chi connectivity index (χ3n) is 5.03. The fourth-order valence-electron chi connectivity index (χ4n) is 3.43. The highest BCUT2D eigenvalue weighted by Crippen LogP contribution is 2.39. The molecule has 1 aliphatic carbocycles. The van der Waals surface area contributed by atoms with E-state index in [4.69, 9.17) is 9.47 Å². The molecule has 7 nitrogen and oxygen atoms in total. The molecule has 9 heteroatoms. The first kappa shape index (κ1) is 20.8. The minimum absolute atomic E-state index is 0.191. The summed E-state index contributed by atoms with van der Waals surface area (Å²) in [6.45, 7) is 0.